The van der Waals surface area contributed by atoms with Crippen molar-refractivity contribution in [3.63, 3.8) is 0 Å². The number of methoxy groups -OCH3 is 2. The summed E-state index contributed by atoms with van der Waals surface area (Å²) in [5.74, 6) is 0.866. The van der Waals surface area contributed by atoms with E-state index in [1.54, 1.807) is 13.2 Å². The number of carboxylic acid groups (broad SMARTS) is 1. The molecule has 0 spiro atoms. The summed E-state index contributed by atoms with van der Waals surface area (Å²) in [6.45, 7) is 5.62. The van der Waals surface area contributed by atoms with Gasteiger partial charge in [-0.2, -0.15) is 0 Å². The molecular formula is C28H34N2O7. The summed E-state index contributed by atoms with van der Waals surface area (Å²) < 4.78 is 22.6. The van der Waals surface area contributed by atoms with Crippen molar-refractivity contribution in [2.45, 2.75) is 44.6 Å². The maximum atomic E-state index is 13.1. The molecule has 9 heteroatoms. The lowest BCUT2D eigenvalue weighted by molar-refractivity contribution is 0.0695. The average Bonchev–Trinajstić information content (AvgIpc) is 3.21. The molecule has 0 aliphatic carbocycles. The molecule has 2 aliphatic rings. The fourth-order valence-corrected chi connectivity index (χ4v) is 4.91. The van der Waals surface area contributed by atoms with Gasteiger partial charge in [-0.1, -0.05) is 12.2 Å². The topological polar surface area (TPSA) is 121 Å². The highest BCUT2D eigenvalue weighted by Gasteiger charge is 2.35. The van der Waals surface area contributed by atoms with Gasteiger partial charge in [0.15, 0.2) is 23.0 Å². The fourth-order valence-electron chi connectivity index (χ4n) is 4.91. The van der Waals surface area contributed by atoms with Crippen LogP contribution in [0.5, 0.6) is 23.0 Å². The van der Waals surface area contributed by atoms with E-state index in [1.807, 2.05) is 11.0 Å². The number of carbonyl (C=O) groups is 2. The minimum Gasteiger partial charge on any atom is -0.493 e. The number of nitrogen functional groups attached to an aromatic ring is 1. The number of nitrogens with two attached hydrogens (primary N) is 1. The second kappa shape index (κ2) is 11.5. The van der Waals surface area contributed by atoms with Crippen LogP contribution in [0.4, 0.5) is 5.69 Å². The highest BCUT2D eigenvalue weighted by molar-refractivity contribution is 5.97. The van der Waals surface area contributed by atoms with Crippen molar-refractivity contribution in [3.05, 3.63) is 53.1 Å². The van der Waals surface area contributed by atoms with E-state index in [-0.39, 0.29) is 23.2 Å². The summed E-state index contributed by atoms with van der Waals surface area (Å²) in [6.07, 6.45) is 5.03. The van der Waals surface area contributed by atoms with Crippen molar-refractivity contribution >= 4 is 17.6 Å². The highest BCUT2D eigenvalue weighted by Crippen LogP contribution is 2.37. The van der Waals surface area contributed by atoms with Crippen LogP contribution >= 0.6 is 0 Å². The van der Waals surface area contributed by atoms with Gasteiger partial charge in [0.1, 0.15) is 0 Å². The molecule has 0 saturated carbocycles. The van der Waals surface area contributed by atoms with Crippen LogP contribution < -0.4 is 24.7 Å². The molecule has 1 fully saturated rings. The Labute approximate surface area is 216 Å². The Morgan fingerprint density at radius 1 is 1.03 bits per heavy atom. The van der Waals surface area contributed by atoms with Gasteiger partial charge in [0.05, 0.1) is 38.7 Å². The number of aryl methyl sites for hydroxylation is 1. The van der Waals surface area contributed by atoms with E-state index in [1.165, 1.54) is 19.2 Å². The molecule has 2 aliphatic heterocycles. The van der Waals surface area contributed by atoms with E-state index >= 15 is 0 Å². The average molecular weight is 511 g/mol. The van der Waals surface area contributed by atoms with Gasteiger partial charge < -0.3 is 34.7 Å². The van der Waals surface area contributed by atoms with Gasteiger partial charge in [-0.15, -0.1) is 0 Å². The Bertz CT molecular complexity index is 1190. The molecule has 198 valence electrons. The lowest BCUT2D eigenvalue weighted by atomic mass is 10.00. The first-order valence-electron chi connectivity index (χ1n) is 12.5. The number of anilines is 1. The van der Waals surface area contributed by atoms with E-state index in [4.69, 9.17) is 24.7 Å². The van der Waals surface area contributed by atoms with Crippen LogP contribution in [0.25, 0.3) is 0 Å². The first-order valence-corrected chi connectivity index (χ1v) is 12.5. The van der Waals surface area contributed by atoms with Crippen molar-refractivity contribution in [1.82, 2.24) is 4.90 Å². The third-order valence-electron chi connectivity index (χ3n) is 6.86. The van der Waals surface area contributed by atoms with Crippen molar-refractivity contribution in [1.29, 1.82) is 0 Å². The van der Waals surface area contributed by atoms with Gasteiger partial charge >= 0.3 is 5.97 Å². The number of benzene rings is 2. The molecule has 4 rings (SSSR count). The molecular weight excluding hydrogens is 476 g/mol. The molecule has 2 aromatic rings. The van der Waals surface area contributed by atoms with Gasteiger partial charge in [0, 0.05) is 30.3 Å². The van der Waals surface area contributed by atoms with Gasteiger partial charge in [-0.3, -0.25) is 4.79 Å². The Hall–Kier alpha value is -3.88. The summed E-state index contributed by atoms with van der Waals surface area (Å²) in [7, 11) is 3.03. The van der Waals surface area contributed by atoms with E-state index in [0.717, 1.165) is 49.7 Å². The minimum absolute atomic E-state index is 0.0230. The minimum atomic E-state index is -1.12. The lowest BCUT2D eigenvalue weighted by Crippen LogP contribution is -2.34. The molecule has 0 radical (unpaired) electrons. The van der Waals surface area contributed by atoms with Crippen LogP contribution in [-0.4, -0.2) is 61.9 Å². The lowest BCUT2D eigenvalue weighted by Gasteiger charge is -2.21. The molecule has 1 amide bonds. The first kappa shape index (κ1) is 26.2. The number of carbonyl (C=O) groups excluding carboxylic acids is 1. The Balaban J connectivity index is 1.28. The van der Waals surface area contributed by atoms with Crippen molar-refractivity contribution < 1.29 is 33.6 Å². The number of carboxylic acids is 1. The summed E-state index contributed by atoms with van der Waals surface area (Å²) in [4.78, 5) is 26.3. The summed E-state index contributed by atoms with van der Waals surface area (Å²) in [6, 6.07) is 6.81. The molecule has 3 N–H and O–H groups in total. The molecule has 0 aromatic heterocycles. The van der Waals surface area contributed by atoms with Crippen LogP contribution in [0.15, 0.2) is 36.4 Å². The second-order valence-corrected chi connectivity index (χ2v) is 9.39. The smallest absolute Gasteiger partial charge is 0.337 e. The van der Waals surface area contributed by atoms with Gasteiger partial charge in [0.2, 0.25) is 0 Å². The van der Waals surface area contributed by atoms with Crippen LogP contribution in [0.3, 0.4) is 0 Å². The zero-order valence-corrected chi connectivity index (χ0v) is 21.4. The highest BCUT2D eigenvalue weighted by atomic mass is 16.5. The van der Waals surface area contributed by atoms with Crippen molar-refractivity contribution in [2.75, 3.05) is 39.7 Å². The number of fused-ring (bicyclic) bond motifs is 2. The largest absolute Gasteiger partial charge is 0.493 e. The van der Waals surface area contributed by atoms with Crippen LogP contribution in [0.2, 0.25) is 0 Å². The number of hydrogen-bond donors (Lipinski definition) is 2. The Morgan fingerprint density at radius 3 is 2.32 bits per heavy atom. The summed E-state index contributed by atoms with van der Waals surface area (Å²) in [5, 5.41) is 9.20. The molecule has 1 atom stereocenters. The van der Waals surface area contributed by atoms with Crippen molar-refractivity contribution in [2.24, 2.45) is 0 Å². The Kier molecular flexibility index (Phi) is 8.11. The van der Waals surface area contributed by atoms with E-state index in [2.05, 4.69) is 6.58 Å². The van der Waals surface area contributed by atoms with E-state index < -0.39 is 5.97 Å². The molecule has 1 saturated heterocycles. The third kappa shape index (κ3) is 5.76. The van der Waals surface area contributed by atoms with Crippen LogP contribution in [-0.2, 0) is 6.42 Å². The van der Waals surface area contributed by atoms with Gasteiger partial charge in [-0.25, -0.2) is 4.79 Å². The van der Waals surface area contributed by atoms with Crippen LogP contribution in [0.1, 0.15) is 58.4 Å². The number of ether oxygens (including phenoxy) is 4. The zero-order valence-electron chi connectivity index (χ0n) is 21.4. The number of hydrogen-bond acceptors (Lipinski definition) is 7. The summed E-state index contributed by atoms with van der Waals surface area (Å²) >= 11 is 0. The predicted octanol–water partition coefficient (Wildman–Crippen LogP) is 4.33. The normalized spacial score (nSPS) is 16.6. The zero-order chi connectivity index (χ0) is 26.5. The monoisotopic (exact) mass is 510 g/mol. The standard InChI is InChI=1S/C28H34N2O7/c1-17-11-19-8-7-18-12-25(23(34-2)13-20(18)27(31)30(19)16-17)36-9-5-4-6-10-37-26-15-22(29)21(28(32)33)14-24(26)35-3/h12-15,19H,1,4-11,16,29H2,2-3H3,(H,32,33)/t19-/m1/s1. The fraction of sp³-hybridized carbons (Fsp3) is 0.429. The number of rotatable bonds is 11. The predicted molar refractivity (Wildman–Crippen MR) is 139 cm³/mol. The number of amides is 1. The van der Waals surface area contributed by atoms with E-state index in [0.29, 0.717) is 48.3 Å². The van der Waals surface area contributed by atoms with Crippen LogP contribution in [0, 0.1) is 0 Å². The quantitative estimate of drug-likeness (QED) is 0.260. The first-order chi connectivity index (χ1) is 17.8. The number of unbranched alkanes of at least 4 members (excludes halogenated alkanes) is 2. The maximum absolute atomic E-state index is 13.1. The Morgan fingerprint density at radius 2 is 1.68 bits per heavy atom. The SMILES string of the molecule is C=C1C[C@H]2CCc3cc(OCCCCCOc4cc(N)c(C(=O)O)cc4OC)c(OC)cc3C(=O)N2C1. The molecule has 2 aromatic carbocycles. The molecule has 0 bridgehead atoms. The molecule has 9 nitrogen and oxygen atoms in total. The molecule has 0 unspecified atom stereocenters. The molecule has 2 heterocycles. The molecule has 37 heavy (non-hydrogen) atoms. The van der Waals surface area contributed by atoms with Gasteiger partial charge in [0.25, 0.3) is 5.91 Å². The number of aromatic carboxylic acids is 1. The number of nitrogens with zero attached hydrogens (tertiary/aromatic N) is 1. The van der Waals surface area contributed by atoms with Crippen molar-refractivity contribution in [3.8, 4) is 23.0 Å². The third-order valence-corrected chi connectivity index (χ3v) is 6.86. The van der Waals surface area contributed by atoms with E-state index in [9.17, 15) is 14.7 Å². The maximum Gasteiger partial charge on any atom is 0.337 e. The van der Waals surface area contributed by atoms with Gasteiger partial charge in [-0.05, 0) is 56.2 Å². The second-order valence-electron chi connectivity index (χ2n) is 9.39. The summed E-state index contributed by atoms with van der Waals surface area (Å²) in [5.41, 5.74) is 8.71.